The van der Waals surface area contributed by atoms with Gasteiger partial charge in [-0.2, -0.15) is 23.5 Å². The van der Waals surface area contributed by atoms with Crippen molar-refractivity contribution in [2.45, 2.75) is 31.2 Å². The number of hydrogen-bond acceptors (Lipinski definition) is 8. The molecule has 0 fully saturated rings. The van der Waals surface area contributed by atoms with Crippen LogP contribution in [0.15, 0.2) is 35.7 Å². The molecule has 0 saturated carbocycles. The molecule has 6 nitrogen and oxygen atoms in total. The summed E-state index contributed by atoms with van der Waals surface area (Å²) in [5, 5.41) is 5.18. The van der Waals surface area contributed by atoms with Gasteiger partial charge in [-0.3, -0.25) is 4.79 Å². The van der Waals surface area contributed by atoms with Crippen molar-refractivity contribution in [3.8, 4) is 0 Å². The maximum Gasteiger partial charge on any atom is 0.329 e. The molecule has 0 aliphatic rings. The number of amides is 1. The molecule has 2 atom stereocenters. The standard InChI is InChI=1S/C20H27N3O3S3/c1-3-26-20(25)17(12-28-11-14-7-5-4-6-8-14)22-18(24)16-13-29-19(23-16)15(21)9-10-27-2/h4-8,13,15,17H,3,9-12,21H2,1-2H3,(H,22,24). The zero-order valence-corrected chi connectivity index (χ0v) is 19.1. The Morgan fingerprint density at radius 1 is 1.31 bits per heavy atom. The summed E-state index contributed by atoms with van der Waals surface area (Å²) in [4.78, 5) is 29.3. The number of carbonyl (C=O) groups is 2. The van der Waals surface area contributed by atoms with Crippen molar-refractivity contribution in [1.82, 2.24) is 10.3 Å². The molecule has 2 rings (SSSR count). The van der Waals surface area contributed by atoms with Gasteiger partial charge in [0.05, 0.1) is 12.6 Å². The number of benzene rings is 1. The molecule has 0 saturated heterocycles. The molecule has 3 N–H and O–H groups in total. The van der Waals surface area contributed by atoms with Gasteiger partial charge in [0.25, 0.3) is 5.91 Å². The Morgan fingerprint density at radius 2 is 2.07 bits per heavy atom. The number of thiazole rings is 1. The van der Waals surface area contributed by atoms with Gasteiger partial charge >= 0.3 is 5.97 Å². The van der Waals surface area contributed by atoms with Crippen LogP contribution in [0.4, 0.5) is 0 Å². The molecule has 1 amide bonds. The number of thioether (sulfide) groups is 2. The number of nitrogens with zero attached hydrogens (tertiary/aromatic N) is 1. The Balaban J connectivity index is 1.95. The topological polar surface area (TPSA) is 94.3 Å². The molecule has 1 heterocycles. The van der Waals surface area contributed by atoms with Gasteiger partial charge in [-0.05, 0) is 30.9 Å². The van der Waals surface area contributed by atoms with Gasteiger partial charge < -0.3 is 15.8 Å². The molecule has 29 heavy (non-hydrogen) atoms. The second-order valence-corrected chi connectivity index (χ2v) is 9.14. The van der Waals surface area contributed by atoms with Gasteiger partial charge in [0.1, 0.15) is 16.7 Å². The van der Waals surface area contributed by atoms with E-state index in [1.807, 2.05) is 36.6 Å². The van der Waals surface area contributed by atoms with E-state index in [4.69, 9.17) is 10.5 Å². The highest BCUT2D eigenvalue weighted by molar-refractivity contribution is 7.98. The summed E-state index contributed by atoms with van der Waals surface area (Å²) in [7, 11) is 0. The number of nitrogens with two attached hydrogens (primary N) is 1. The molecule has 2 aromatic rings. The Hall–Kier alpha value is -1.55. The number of hydrogen-bond donors (Lipinski definition) is 2. The fourth-order valence-electron chi connectivity index (χ4n) is 2.44. The smallest absolute Gasteiger partial charge is 0.329 e. The number of aromatic nitrogens is 1. The van der Waals surface area contributed by atoms with Crippen LogP contribution in [-0.4, -0.2) is 47.3 Å². The molecule has 0 bridgehead atoms. The Bertz CT molecular complexity index is 771. The Kier molecular flexibility index (Phi) is 10.5. The van der Waals surface area contributed by atoms with Gasteiger partial charge in [-0.15, -0.1) is 11.3 Å². The third-order valence-corrected chi connectivity index (χ3v) is 6.70. The van der Waals surface area contributed by atoms with E-state index < -0.39 is 12.0 Å². The van der Waals surface area contributed by atoms with Crippen LogP contribution in [0.5, 0.6) is 0 Å². The van der Waals surface area contributed by atoms with Crippen LogP contribution < -0.4 is 11.1 Å². The maximum atomic E-state index is 12.6. The number of ether oxygens (including phenoxy) is 1. The Morgan fingerprint density at radius 3 is 2.76 bits per heavy atom. The van der Waals surface area contributed by atoms with Crippen LogP contribution >= 0.6 is 34.9 Å². The fourth-order valence-corrected chi connectivity index (χ4v) is 4.77. The van der Waals surface area contributed by atoms with E-state index in [1.165, 1.54) is 11.3 Å². The number of nitrogens with one attached hydrogen (secondary N) is 1. The molecule has 1 aromatic carbocycles. The SMILES string of the molecule is CCOC(=O)C(CSCc1ccccc1)NC(=O)c1csc(C(N)CCSC)n1. The summed E-state index contributed by atoms with van der Waals surface area (Å²) in [6, 6.07) is 9.06. The second-order valence-electron chi connectivity index (χ2n) is 6.24. The van der Waals surface area contributed by atoms with Gasteiger partial charge in [0.15, 0.2) is 0 Å². The molecular formula is C20H27N3O3S3. The molecule has 158 valence electrons. The number of esters is 1. The average molecular weight is 454 g/mol. The van der Waals surface area contributed by atoms with Crippen LogP contribution in [-0.2, 0) is 15.3 Å². The Labute approximate surface area is 184 Å². The summed E-state index contributed by atoms with van der Waals surface area (Å²) in [5.74, 6) is 1.28. The van der Waals surface area contributed by atoms with Crippen molar-refractivity contribution >= 4 is 46.7 Å². The van der Waals surface area contributed by atoms with Crippen molar-refractivity contribution in [2.75, 3.05) is 24.4 Å². The van der Waals surface area contributed by atoms with Gasteiger partial charge in [-0.25, -0.2) is 9.78 Å². The van der Waals surface area contributed by atoms with E-state index in [-0.39, 0.29) is 24.2 Å². The maximum absolute atomic E-state index is 12.6. The number of rotatable bonds is 12. The molecule has 2 unspecified atom stereocenters. The van der Waals surface area contributed by atoms with E-state index in [9.17, 15) is 9.59 Å². The molecule has 9 heteroatoms. The van der Waals surface area contributed by atoms with Crippen molar-refractivity contribution < 1.29 is 14.3 Å². The lowest BCUT2D eigenvalue weighted by Gasteiger charge is -2.16. The molecular weight excluding hydrogens is 426 g/mol. The van der Waals surface area contributed by atoms with Crippen LogP contribution in [0.25, 0.3) is 0 Å². The summed E-state index contributed by atoms with van der Waals surface area (Å²) < 4.78 is 5.12. The van der Waals surface area contributed by atoms with Crippen LogP contribution in [0.1, 0.15) is 40.4 Å². The molecule has 1 aromatic heterocycles. The minimum Gasteiger partial charge on any atom is -0.464 e. The van der Waals surface area contributed by atoms with E-state index >= 15 is 0 Å². The lowest BCUT2D eigenvalue weighted by Crippen LogP contribution is -2.43. The van der Waals surface area contributed by atoms with Crippen molar-refractivity contribution in [3.05, 3.63) is 52.0 Å². The first-order valence-corrected chi connectivity index (χ1v) is 12.8. The highest BCUT2D eigenvalue weighted by Crippen LogP contribution is 2.21. The van der Waals surface area contributed by atoms with E-state index in [2.05, 4.69) is 10.3 Å². The van der Waals surface area contributed by atoms with Gasteiger partial charge in [-0.1, -0.05) is 30.3 Å². The third-order valence-electron chi connectivity index (χ3n) is 3.98. The quantitative estimate of drug-likeness (QED) is 0.475. The average Bonchev–Trinajstić information content (AvgIpc) is 3.22. The van der Waals surface area contributed by atoms with Crippen LogP contribution in [0.3, 0.4) is 0 Å². The normalized spacial score (nSPS) is 12.9. The third kappa shape index (κ3) is 8.00. The monoisotopic (exact) mass is 453 g/mol. The zero-order valence-electron chi connectivity index (χ0n) is 16.6. The van der Waals surface area contributed by atoms with Gasteiger partial charge in [0.2, 0.25) is 0 Å². The first-order chi connectivity index (χ1) is 14.0. The molecule has 0 radical (unpaired) electrons. The van der Waals surface area contributed by atoms with E-state index in [0.717, 1.165) is 28.5 Å². The zero-order chi connectivity index (χ0) is 21.1. The van der Waals surface area contributed by atoms with Gasteiger partial charge in [0, 0.05) is 16.9 Å². The van der Waals surface area contributed by atoms with Crippen molar-refractivity contribution in [1.29, 1.82) is 0 Å². The van der Waals surface area contributed by atoms with E-state index in [1.54, 1.807) is 35.8 Å². The first kappa shape index (κ1) is 23.7. The predicted molar refractivity (Wildman–Crippen MR) is 123 cm³/mol. The molecule has 0 spiro atoms. The van der Waals surface area contributed by atoms with Crippen LogP contribution in [0, 0.1) is 0 Å². The van der Waals surface area contributed by atoms with Crippen molar-refractivity contribution in [2.24, 2.45) is 5.73 Å². The fraction of sp³-hybridized carbons (Fsp3) is 0.450. The summed E-state index contributed by atoms with van der Waals surface area (Å²) in [6.07, 6.45) is 2.83. The van der Waals surface area contributed by atoms with E-state index in [0.29, 0.717) is 5.75 Å². The lowest BCUT2D eigenvalue weighted by atomic mass is 10.2. The minimum atomic E-state index is -0.730. The number of carbonyl (C=O) groups excluding carboxylic acids is 2. The highest BCUT2D eigenvalue weighted by Gasteiger charge is 2.24. The predicted octanol–water partition coefficient (Wildman–Crippen LogP) is 3.49. The van der Waals surface area contributed by atoms with Crippen LogP contribution in [0.2, 0.25) is 0 Å². The summed E-state index contributed by atoms with van der Waals surface area (Å²) in [5.41, 5.74) is 7.58. The summed E-state index contributed by atoms with van der Waals surface area (Å²) >= 11 is 4.66. The summed E-state index contributed by atoms with van der Waals surface area (Å²) in [6.45, 7) is 2.01. The molecule has 0 aliphatic carbocycles. The molecule has 0 aliphatic heterocycles. The van der Waals surface area contributed by atoms with Crippen molar-refractivity contribution in [3.63, 3.8) is 0 Å². The highest BCUT2D eigenvalue weighted by atomic mass is 32.2. The lowest BCUT2D eigenvalue weighted by molar-refractivity contribution is -0.144. The second kappa shape index (κ2) is 12.9. The minimum absolute atomic E-state index is 0.184. The first-order valence-electron chi connectivity index (χ1n) is 9.34. The largest absolute Gasteiger partial charge is 0.464 e.